The van der Waals surface area contributed by atoms with Gasteiger partial charge in [-0.3, -0.25) is 0 Å². The standard InChI is InChI=1S/C8H10F3N3O3S/c1-17-7(16)4-5(12)14-18-6(4)13-2-3(15)8(9,10)11/h3,13,15H,2H2,1H3,(H2,12,14). The monoisotopic (exact) mass is 285 g/mol. The van der Waals surface area contributed by atoms with Crippen LogP contribution in [0.3, 0.4) is 0 Å². The number of halogens is 3. The molecular formula is C8H10F3N3O3S. The van der Waals surface area contributed by atoms with Crippen LogP contribution in [-0.4, -0.2) is 41.4 Å². The van der Waals surface area contributed by atoms with Gasteiger partial charge in [-0.1, -0.05) is 0 Å². The lowest BCUT2D eigenvalue weighted by atomic mass is 10.3. The second-order valence-corrected chi connectivity index (χ2v) is 3.98. The van der Waals surface area contributed by atoms with Crippen LogP contribution in [0.15, 0.2) is 0 Å². The predicted octanol–water partition coefficient (Wildman–Crippen LogP) is 0.847. The minimum atomic E-state index is -4.74. The Labute approximate surface area is 104 Å². The molecule has 1 rings (SSSR count). The van der Waals surface area contributed by atoms with Crippen LogP contribution < -0.4 is 11.1 Å². The quantitative estimate of drug-likeness (QED) is 0.709. The van der Waals surface area contributed by atoms with Gasteiger partial charge in [-0.2, -0.15) is 17.5 Å². The summed E-state index contributed by atoms with van der Waals surface area (Å²) in [7, 11) is 1.10. The number of alkyl halides is 3. The Morgan fingerprint density at radius 3 is 2.78 bits per heavy atom. The van der Waals surface area contributed by atoms with Crippen LogP contribution in [-0.2, 0) is 4.74 Å². The summed E-state index contributed by atoms with van der Waals surface area (Å²) in [4.78, 5) is 11.3. The number of aliphatic hydroxyl groups excluding tert-OH is 1. The Bertz CT molecular complexity index is 435. The fraction of sp³-hybridized carbons (Fsp3) is 0.500. The summed E-state index contributed by atoms with van der Waals surface area (Å²) < 4.78 is 44.2. The fourth-order valence-corrected chi connectivity index (χ4v) is 1.74. The molecule has 0 aliphatic carbocycles. The highest BCUT2D eigenvalue weighted by molar-refractivity contribution is 7.11. The first-order valence-corrected chi connectivity index (χ1v) is 5.36. The SMILES string of the molecule is COC(=O)c1c(N)nsc1NCC(O)C(F)(F)F. The number of nitrogens with two attached hydrogens (primary N) is 1. The molecule has 0 radical (unpaired) electrons. The molecule has 0 spiro atoms. The van der Waals surface area contributed by atoms with Gasteiger partial charge in [0.05, 0.1) is 13.7 Å². The van der Waals surface area contributed by atoms with E-state index in [1.165, 1.54) is 0 Å². The zero-order valence-electron chi connectivity index (χ0n) is 9.11. The second kappa shape index (κ2) is 5.40. The molecule has 1 unspecified atom stereocenters. The minimum Gasteiger partial charge on any atom is -0.465 e. The smallest absolute Gasteiger partial charge is 0.416 e. The third kappa shape index (κ3) is 3.23. The third-order valence-electron chi connectivity index (χ3n) is 1.94. The minimum absolute atomic E-state index is 0.0163. The lowest BCUT2D eigenvalue weighted by molar-refractivity contribution is -0.198. The van der Waals surface area contributed by atoms with E-state index in [4.69, 9.17) is 10.8 Å². The summed E-state index contributed by atoms with van der Waals surface area (Å²) in [6, 6.07) is 0. The zero-order chi connectivity index (χ0) is 13.9. The molecule has 18 heavy (non-hydrogen) atoms. The molecule has 0 saturated carbocycles. The average Bonchev–Trinajstić information content (AvgIpc) is 2.65. The Hall–Kier alpha value is -1.55. The number of esters is 1. The molecule has 0 saturated heterocycles. The van der Waals surface area contributed by atoms with Crippen molar-refractivity contribution in [2.45, 2.75) is 12.3 Å². The summed E-state index contributed by atoms with van der Waals surface area (Å²) in [5, 5.41) is 11.1. The lowest BCUT2D eigenvalue weighted by Crippen LogP contribution is -2.35. The van der Waals surface area contributed by atoms with Crippen molar-refractivity contribution in [3.05, 3.63) is 5.56 Å². The maximum atomic E-state index is 12.1. The van der Waals surface area contributed by atoms with Crippen LogP contribution >= 0.6 is 11.5 Å². The van der Waals surface area contributed by atoms with Crippen molar-refractivity contribution in [2.75, 3.05) is 24.7 Å². The number of hydrogen-bond donors (Lipinski definition) is 3. The first-order valence-electron chi connectivity index (χ1n) is 4.59. The number of carbonyl (C=O) groups is 1. The molecule has 1 aromatic heterocycles. The highest BCUT2D eigenvalue weighted by Crippen LogP contribution is 2.28. The highest BCUT2D eigenvalue weighted by Gasteiger charge is 2.38. The molecule has 102 valence electrons. The van der Waals surface area contributed by atoms with E-state index in [1.807, 2.05) is 0 Å². The number of hydrogen-bond acceptors (Lipinski definition) is 7. The van der Waals surface area contributed by atoms with E-state index in [9.17, 15) is 18.0 Å². The molecule has 1 atom stereocenters. The number of carbonyl (C=O) groups excluding carboxylic acids is 1. The zero-order valence-corrected chi connectivity index (χ0v) is 9.93. The van der Waals surface area contributed by atoms with E-state index < -0.39 is 24.8 Å². The summed E-state index contributed by atoms with van der Waals surface area (Å²) in [5.41, 5.74) is 5.24. The van der Waals surface area contributed by atoms with Crippen molar-refractivity contribution in [3.8, 4) is 0 Å². The third-order valence-corrected chi connectivity index (χ3v) is 2.76. The number of nitrogens with zero attached hydrogens (tertiary/aromatic N) is 1. The number of aliphatic hydroxyl groups is 1. The fourth-order valence-electron chi connectivity index (χ4n) is 1.03. The van der Waals surface area contributed by atoms with Gasteiger partial charge in [0.15, 0.2) is 11.9 Å². The predicted molar refractivity (Wildman–Crippen MR) is 58.4 cm³/mol. The van der Waals surface area contributed by atoms with Crippen molar-refractivity contribution >= 4 is 28.3 Å². The van der Waals surface area contributed by atoms with Gasteiger partial charge in [0, 0.05) is 0 Å². The van der Waals surface area contributed by atoms with Crippen molar-refractivity contribution in [1.82, 2.24) is 4.37 Å². The topological polar surface area (TPSA) is 97.5 Å². The van der Waals surface area contributed by atoms with Crippen LogP contribution in [0.1, 0.15) is 10.4 Å². The number of nitrogens with one attached hydrogen (secondary N) is 1. The molecule has 0 fully saturated rings. The highest BCUT2D eigenvalue weighted by atomic mass is 32.1. The summed E-state index contributed by atoms with van der Waals surface area (Å²) in [6.07, 6.45) is -7.29. The first kappa shape index (κ1) is 14.5. The number of rotatable bonds is 4. The molecule has 0 aliphatic rings. The van der Waals surface area contributed by atoms with Gasteiger partial charge in [-0.25, -0.2) is 4.79 Å². The maximum absolute atomic E-state index is 12.1. The van der Waals surface area contributed by atoms with Gasteiger partial charge >= 0.3 is 12.1 Å². The van der Waals surface area contributed by atoms with E-state index in [2.05, 4.69) is 14.4 Å². The Morgan fingerprint density at radius 2 is 2.28 bits per heavy atom. The van der Waals surface area contributed by atoms with Crippen molar-refractivity contribution < 1.29 is 27.8 Å². The molecular weight excluding hydrogens is 275 g/mol. The van der Waals surface area contributed by atoms with Gasteiger partial charge in [0.2, 0.25) is 0 Å². The molecule has 0 bridgehead atoms. The summed E-state index contributed by atoms with van der Waals surface area (Å²) >= 11 is 0.707. The number of ether oxygens (including phenoxy) is 1. The number of nitrogen functional groups attached to an aromatic ring is 1. The second-order valence-electron chi connectivity index (χ2n) is 3.20. The summed E-state index contributed by atoms with van der Waals surface area (Å²) in [6.45, 7) is -0.810. The lowest BCUT2D eigenvalue weighted by Gasteiger charge is -2.15. The van der Waals surface area contributed by atoms with Crippen LogP contribution in [0.25, 0.3) is 0 Å². The Kier molecular flexibility index (Phi) is 4.35. The van der Waals surface area contributed by atoms with Gasteiger partial charge < -0.3 is 20.9 Å². The largest absolute Gasteiger partial charge is 0.465 e. The van der Waals surface area contributed by atoms with Crippen LogP contribution in [0, 0.1) is 0 Å². The van der Waals surface area contributed by atoms with E-state index in [0.717, 1.165) is 7.11 Å². The molecule has 0 aromatic carbocycles. The van der Waals surface area contributed by atoms with E-state index in [0.29, 0.717) is 11.5 Å². The van der Waals surface area contributed by atoms with Gasteiger partial charge in [-0.05, 0) is 11.5 Å². The maximum Gasteiger partial charge on any atom is 0.416 e. The van der Waals surface area contributed by atoms with E-state index in [1.54, 1.807) is 0 Å². The molecule has 6 nitrogen and oxygen atoms in total. The molecule has 0 amide bonds. The van der Waals surface area contributed by atoms with Gasteiger partial charge in [-0.15, -0.1) is 0 Å². The van der Waals surface area contributed by atoms with Crippen molar-refractivity contribution in [1.29, 1.82) is 0 Å². The Balaban J connectivity index is 2.77. The molecule has 1 heterocycles. The van der Waals surface area contributed by atoms with Gasteiger partial charge in [0.25, 0.3) is 0 Å². The number of methoxy groups -OCH3 is 1. The summed E-state index contributed by atoms with van der Waals surface area (Å²) in [5.74, 6) is -0.957. The Morgan fingerprint density at radius 1 is 1.67 bits per heavy atom. The van der Waals surface area contributed by atoms with Gasteiger partial charge in [0.1, 0.15) is 10.6 Å². The normalized spacial score (nSPS) is 13.2. The molecule has 10 heteroatoms. The number of aromatic nitrogens is 1. The molecule has 4 N–H and O–H groups in total. The van der Waals surface area contributed by atoms with Crippen molar-refractivity contribution in [2.24, 2.45) is 0 Å². The van der Waals surface area contributed by atoms with Crippen LogP contribution in [0.2, 0.25) is 0 Å². The van der Waals surface area contributed by atoms with Crippen molar-refractivity contribution in [3.63, 3.8) is 0 Å². The van der Waals surface area contributed by atoms with Crippen LogP contribution in [0.5, 0.6) is 0 Å². The van der Waals surface area contributed by atoms with Crippen LogP contribution in [0.4, 0.5) is 24.0 Å². The average molecular weight is 285 g/mol. The molecule has 0 aliphatic heterocycles. The van der Waals surface area contributed by atoms with E-state index >= 15 is 0 Å². The number of anilines is 2. The first-order chi connectivity index (χ1) is 8.27. The molecule has 1 aromatic rings. The van der Waals surface area contributed by atoms with E-state index in [-0.39, 0.29) is 16.4 Å².